The van der Waals surface area contributed by atoms with Crippen LogP contribution in [0.5, 0.6) is 0 Å². The van der Waals surface area contributed by atoms with Gasteiger partial charge >= 0.3 is 0 Å². The second-order valence-electron chi connectivity index (χ2n) is 4.37. The van der Waals surface area contributed by atoms with Gasteiger partial charge in [-0.05, 0) is 12.2 Å². The topological polar surface area (TPSA) is 66.4 Å². The summed E-state index contributed by atoms with van der Waals surface area (Å²) in [5, 5.41) is 9.32. The molecule has 3 saturated heterocycles. The third-order valence-corrected chi connectivity index (χ3v) is 3.30. The largest absolute Gasteiger partial charge is 0.394 e. The molecule has 3 aliphatic heterocycles. The second kappa shape index (κ2) is 4.73. The Morgan fingerprint density at radius 1 is 0.833 bits per heavy atom. The molecule has 0 aliphatic carbocycles. The smallest absolute Gasteiger partial charge is 0.190 e. The van der Waals surface area contributed by atoms with E-state index in [1.165, 1.54) is 6.08 Å². The molecule has 0 aromatic rings. The van der Waals surface area contributed by atoms with Crippen molar-refractivity contribution in [3.8, 4) is 0 Å². The molecule has 0 aromatic carbocycles. The maximum absolute atomic E-state index is 9.32. The molecule has 100 valence electrons. The van der Waals surface area contributed by atoms with E-state index >= 15 is 0 Å². The molecule has 1 N–H and O–H groups in total. The Bertz CT molecular complexity index is 345. The number of rotatable bonds is 3. The molecule has 3 fully saturated rings. The van der Waals surface area contributed by atoms with Crippen LogP contribution in [0, 0.1) is 0 Å². The minimum absolute atomic E-state index is 0.154. The summed E-state index contributed by atoms with van der Waals surface area (Å²) >= 11 is 0. The Balaban J connectivity index is 1.78. The van der Waals surface area contributed by atoms with Gasteiger partial charge in [-0.1, -0.05) is 13.2 Å². The third kappa shape index (κ3) is 1.82. The van der Waals surface area contributed by atoms with E-state index in [1.54, 1.807) is 6.08 Å². The standard InChI is InChI=1S/C12H16O6/c1-3-7-14-6(5-13)9-10(15-7)11-12(18-9)17-8(4-2)16-11/h3-4,6-13H,1-2,5H2/t6?,7?,8?,9?,10?,11-,12?/m0/s1. The average Bonchev–Trinajstić information content (AvgIpc) is 2.94. The van der Waals surface area contributed by atoms with E-state index in [4.69, 9.17) is 23.7 Å². The summed E-state index contributed by atoms with van der Waals surface area (Å²) in [6, 6.07) is 0. The van der Waals surface area contributed by atoms with Crippen molar-refractivity contribution in [2.24, 2.45) is 0 Å². The summed E-state index contributed by atoms with van der Waals surface area (Å²) in [4.78, 5) is 0. The Hall–Kier alpha value is -0.760. The van der Waals surface area contributed by atoms with Gasteiger partial charge in [-0.2, -0.15) is 0 Å². The highest BCUT2D eigenvalue weighted by Gasteiger charge is 2.57. The summed E-state index contributed by atoms with van der Waals surface area (Å²) in [7, 11) is 0. The van der Waals surface area contributed by atoms with Crippen LogP contribution in [-0.4, -0.2) is 55.0 Å². The molecule has 0 saturated carbocycles. The first-order valence-corrected chi connectivity index (χ1v) is 5.90. The lowest BCUT2D eigenvalue weighted by molar-refractivity contribution is -0.283. The van der Waals surface area contributed by atoms with Crippen LogP contribution < -0.4 is 0 Å². The zero-order chi connectivity index (χ0) is 12.7. The predicted molar refractivity (Wildman–Crippen MR) is 59.4 cm³/mol. The van der Waals surface area contributed by atoms with Gasteiger partial charge in [0.25, 0.3) is 0 Å². The number of aliphatic hydroxyl groups excluding tert-OH is 1. The van der Waals surface area contributed by atoms with E-state index in [-0.39, 0.29) is 18.8 Å². The molecular formula is C12H16O6. The molecule has 6 heteroatoms. The predicted octanol–water partition coefficient (Wildman–Crippen LogP) is -0.0728. The molecular weight excluding hydrogens is 240 g/mol. The maximum Gasteiger partial charge on any atom is 0.190 e. The zero-order valence-corrected chi connectivity index (χ0v) is 9.81. The maximum atomic E-state index is 9.32. The van der Waals surface area contributed by atoms with Crippen molar-refractivity contribution < 1.29 is 28.8 Å². The first-order chi connectivity index (χ1) is 8.76. The van der Waals surface area contributed by atoms with Gasteiger partial charge in [-0.3, -0.25) is 0 Å². The van der Waals surface area contributed by atoms with Gasteiger partial charge in [0.15, 0.2) is 18.9 Å². The van der Waals surface area contributed by atoms with Crippen LogP contribution in [0.25, 0.3) is 0 Å². The summed E-state index contributed by atoms with van der Waals surface area (Å²) < 4.78 is 27.9. The van der Waals surface area contributed by atoms with Crippen molar-refractivity contribution >= 4 is 0 Å². The monoisotopic (exact) mass is 256 g/mol. The SMILES string of the molecule is C=CC1OC(CO)C2OC3OC(C=C)O[C@H]3C2O1. The molecule has 18 heavy (non-hydrogen) atoms. The van der Waals surface area contributed by atoms with E-state index < -0.39 is 31.1 Å². The van der Waals surface area contributed by atoms with Crippen LogP contribution in [0.3, 0.4) is 0 Å². The molecule has 0 amide bonds. The number of hydrogen-bond acceptors (Lipinski definition) is 6. The molecule has 3 heterocycles. The van der Waals surface area contributed by atoms with Gasteiger partial charge in [0, 0.05) is 0 Å². The van der Waals surface area contributed by atoms with Crippen LogP contribution >= 0.6 is 0 Å². The van der Waals surface area contributed by atoms with Crippen LogP contribution in [0.4, 0.5) is 0 Å². The zero-order valence-electron chi connectivity index (χ0n) is 9.81. The van der Waals surface area contributed by atoms with Crippen molar-refractivity contribution in [3.05, 3.63) is 25.3 Å². The highest BCUT2D eigenvalue weighted by molar-refractivity contribution is 5.00. The van der Waals surface area contributed by atoms with Crippen LogP contribution in [0.2, 0.25) is 0 Å². The Morgan fingerprint density at radius 3 is 2.17 bits per heavy atom. The fraction of sp³-hybridized carbons (Fsp3) is 0.667. The minimum Gasteiger partial charge on any atom is -0.394 e. The van der Waals surface area contributed by atoms with Crippen molar-refractivity contribution in [2.75, 3.05) is 6.61 Å². The normalized spacial score (nSPS) is 50.6. The number of hydrogen-bond donors (Lipinski definition) is 1. The highest BCUT2D eigenvalue weighted by atomic mass is 16.8. The fourth-order valence-corrected chi connectivity index (χ4v) is 2.48. The van der Waals surface area contributed by atoms with Gasteiger partial charge in [0.2, 0.25) is 0 Å². The minimum atomic E-state index is -0.572. The van der Waals surface area contributed by atoms with Gasteiger partial charge in [-0.15, -0.1) is 0 Å². The van der Waals surface area contributed by atoms with Crippen molar-refractivity contribution in [1.29, 1.82) is 0 Å². The van der Waals surface area contributed by atoms with Gasteiger partial charge in [0.05, 0.1) is 6.61 Å². The van der Waals surface area contributed by atoms with Crippen molar-refractivity contribution in [2.45, 2.75) is 43.3 Å². The molecule has 6 unspecified atom stereocenters. The fourth-order valence-electron chi connectivity index (χ4n) is 2.48. The number of ether oxygens (including phenoxy) is 5. The molecule has 0 aromatic heterocycles. The van der Waals surface area contributed by atoms with Gasteiger partial charge in [0.1, 0.15) is 24.4 Å². The van der Waals surface area contributed by atoms with Gasteiger partial charge < -0.3 is 28.8 Å². The van der Waals surface area contributed by atoms with Crippen LogP contribution in [-0.2, 0) is 23.7 Å². The third-order valence-electron chi connectivity index (χ3n) is 3.30. The molecule has 7 atom stereocenters. The number of fused-ring (bicyclic) bond motifs is 3. The quantitative estimate of drug-likeness (QED) is 0.713. The lowest BCUT2D eigenvalue weighted by Gasteiger charge is -2.37. The van der Waals surface area contributed by atoms with Crippen LogP contribution in [0.1, 0.15) is 0 Å². The first-order valence-electron chi connectivity index (χ1n) is 5.90. The lowest BCUT2D eigenvalue weighted by atomic mass is 10.0. The van der Waals surface area contributed by atoms with E-state index in [9.17, 15) is 5.11 Å². The summed E-state index contributed by atoms with van der Waals surface area (Å²) in [5.41, 5.74) is 0. The van der Waals surface area contributed by atoms with E-state index in [2.05, 4.69) is 13.2 Å². The average molecular weight is 256 g/mol. The van der Waals surface area contributed by atoms with E-state index in [0.29, 0.717) is 0 Å². The molecule has 3 aliphatic rings. The molecule has 3 rings (SSSR count). The Kier molecular flexibility index (Phi) is 3.23. The summed E-state index contributed by atoms with van der Waals surface area (Å²) in [6.07, 6.45) is -0.00760. The lowest BCUT2D eigenvalue weighted by Crippen LogP contribution is -2.52. The number of aliphatic hydroxyl groups is 1. The van der Waals surface area contributed by atoms with Crippen molar-refractivity contribution in [1.82, 2.24) is 0 Å². The molecule has 0 bridgehead atoms. The van der Waals surface area contributed by atoms with E-state index in [0.717, 1.165) is 0 Å². The Labute approximate surface area is 105 Å². The van der Waals surface area contributed by atoms with Crippen molar-refractivity contribution in [3.63, 3.8) is 0 Å². The molecule has 0 radical (unpaired) electrons. The van der Waals surface area contributed by atoms with E-state index in [1.807, 2.05) is 0 Å². The second-order valence-corrected chi connectivity index (χ2v) is 4.37. The molecule has 0 spiro atoms. The highest BCUT2D eigenvalue weighted by Crippen LogP contribution is 2.39. The Morgan fingerprint density at radius 2 is 1.50 bits per heavy atom. The summed E-state index contributed by atoms with van der Waals surface area (Å²) in [6.45, 7) is 7.08. The van der Waals surface area contributed by atoms with Crippen LogP contribution in [0.15, 0.2) is 25.3 Å². The van der Waals surface area contributed by atoms with Gasteiger partial charge in [-0.25, -0.2) is 0 Å². The molecule has 6 nitrogen and oxygen atoms in total. The summed E-state index contributed by atoms with van der Waals surface area (Å²) in [5.74, 6) is 0. The first kappa shape index (κ1) is 12.3.